The van der Waals surface area contributed by atoms with Gasteiger partial charge in [0.25, 0.3) is 5.91 Å². The van der Waals surface area contributed by atoms with Crippen LogP contribution in [0.4, 0.5) is 0 Å². The molecule has 0 N–H and O–H groups in total. The minimum atomic E-state index is -0.315. The van der Waals surface area contributed by atoms with Crippen LogP contribution in [-0.4, -0.2) is 76.4 Å². The summed E-state index contributed by atoms with van der Waals surface area (Å²) in [6, 6.07) is 7.46. The molecule has 2 aliphatic heterocycles. The van der Waals surface area contributed by atoms with Crippen LogP contribution >= 0.6 is 0 Å². The molecule has 1 aromatic heterocycles. The van der Waals surface area contributed by atoms with Gasteiger partial charge >= 0.3 is 0 Å². The van der Waals surface area contributed by atoms with Gasteiger partial charge in [-0.1, -0.05) is 37.8 Å². The Balaban J connectivity index is 1.49. The number of hydrogen-bond acceptors (Lipinski definition) is 5. The summed E-state index contributed by atoms with van der Waals surface area (Å²) in [5.41, 5.74) is 1.63. The molecular weight excluding hydrogens is 456 g/mol. The molecule has 36 heavy (non-hydrogen) atoms. The van der Waals surface area contributed by atoms with Gasteiger partial charge in [-0.3, -0.25) is 14.3 Å². The molecular formula is C28H40N4O4. The lowest BCUT2D eigenvalue weighted by Gasteiger charge is -2.25. The van der Waals surface area contributed by atoms with Gasteiger partial charge in [-0.15, -0.1) is 0 Å². The van der Waals surface area contributed by atoms with E-state index in [9.17, 15) is 9.59 Å². The number of rotatable bonds is 4. The van der Waals surface area contributed by atoms with E-state index < -0.39 is 0 Å². The average Bonchev–Trinajstić information content (AvgIpc) is 3.49. The van der Waals surface area contributed by atoms with Crippen LogP contribution in [0, 0.1) is 0 Å². The van der Waals surface area contributed by atoms with Crippen molar-refractivity contribution in [1.29, 1.82) is 0 Å². The summed E-state index contributed by atoms with van der Waals surface area (Å²) in [5, 5.41) is 4.19. The Morgan fingerprint density at radius 1 is 1.06 bits per heavy atom. The lowest BCUT2D eigenvalue weighted by molar-refractivity contribution is -0.130. The summed E-state index contributed by atoms with van der Waals surface area (Å²) >= 11 is 0. The third-order valence-corrected chi connectivity index (χ3v) is 7.17. The maximum absolute atomic E-state index is 13.4. The molecule has 4 rings (SSSR count). The van der Waals surface area contributed by atoms with Crippen molar-refractivity contribution in [2.24, 2.45) is 7.05 Å². The largest absolute Gasteiger partial charge is 0.485 e. The number of para-hydroxylation sites is 1. The number of benzene rings is 1. The van der Waals surface area contributed by atoms with Gasteiger partial charge in [0.1, 0.15) is 18.0 Å². The number of ether oxygens (including phenoxy) is 2. The van der Waals surface area contributed by atoms with Crippen LogP contribution in [-0.2, 0) is 23.0 Å². The lowest BCUT2D eigenvalue weighted by Crippen LogP contribution is -2.35. The van der Waals surface area contributed by atoms with Gasteiger partial charge in [0, 0.05) is 39.4 Å². The highest BCUT2D eigenvalue weighted by Crippen LogP contribution is 2.27. The van der Waals surface area contributed by atoms with Crippen LogP contribution in [0.5, 0.6) is 5.75 Å². The number of carbonyl (C=O) groups is 2. The Hall–Kier alpha value is -2.87. The molecule has 0 aliphatic carbocycles. The molecule has 0 unspecified atom stereocenters. The molecule has 8 nitrogen and oxygen atoms in total. The third kappa shape index (κ3) is 6.87. The van der Waals surface area contributed by atoms with Crippen molar-refractivity contribution in [3.63, 3.8) is 0 Å². The fraction of sp³-hybridized carbons (Fsp3) is 0.607. The first-order valence-electron chi connectivity index (χ1n) is 13.5. The number of carbonyl (C=O) groups excluding carboxylic acids is 2. The van der Waals surface area contributed by atoms with Crippen LogP contribution in [0.1, 0.15) is 67.8 Å². The van der Waals surface area contributed by atoms with Gasteiger partial charge in [-0.25, -0.2) is 0 Å². The molecule has 8 heteroatoms. The standard InChI is InChI=1S/C28H40N4O4/c1-3-31-16-10-6-4-5-7-11-17-35-25-20-32(27(33)15-14-22-18-29-30(2)19-22)21-26(25)36-24-13-9-8-12-23(24)28(31)34/h8-9,12-13,18-19,25-26H,3-7,10-11,14-17,20-21H2,1-2H3/t25-,26-/m1/s1. The highest BCUT2D eigenvalue weighted by Gasteiger charge is 2.38. The van der Waals surface area contributed by atoms with E-state index in [2.05, 4.69) is 5.10 Å². The van der Waals surface area contributed by atoms with E-state index in [1.54, 1.807) is 10.9 Å². The Morgan fingerprint density at radius 2 is 1.81 bits per heavy atom. The Morgan fingerprint density at radius 3 is 2.58 bits per heavy atom. The summed E-state index contributed by atoms with van der Waals surface area (Å²) in [5.74, 6) is 0.655. The first-order chi connectivity index (χ1) is 17.5. The van der Waals surface area contributed by atoms with Gasteiger partial charge in [0.15, 0.2) is 0 Å². The first kappa shape index (κ1) is 26.2. The zero-order valence-electron chi connectivity index (χ0n) is 21.7. The number of hydrogen-bond donors (Lipinski definition) is 0. The second-order valence-corrected chi connectivity index (χ2v) is 9.89. The van der Waals surface area contributed by atoms with Gasteiger partial charge in [0.2, 0.25) is 5.91 Å². The fourth-order valence-electron chi connectivity index (χ4n) is 5.06. The summed E-state index contributed by atoms with van der Waals surface area (Å²) < 4.78 is 14.5. The Kier molecular flexibility index (Phi) is 9.39. The number of nitrogens with zero attached hydrogens (tertiary/aromatic N) is 4. The minimum Gasteiger partial charge on any atom is -0.485 e. The molecule has 2 atom stereocenters. The number of fused-ring (bicyclic) bond motifs is 2. The van der Waals surface area contributed by atoms with Crippen molar-refractivity contribution in [3.8, 4) is 5.75 Å². The van der Waals surface area contributed by atoms with Gasteiger partial charge < -0.3 is 19.3 Å². The van der Waals surface area contributed by atoms with Crippen LogP contribution in [0.25, 0.3) is 0 Å². The van der Waals surface area contributed by atoms with Crippen molar-refractivity contribution < 1.29 is 19.1 Å². The molecule has 1 aromatic carbocycles. The van der Waals surface area contributed by atoms with Crippen molar-refractivity contribution in [3.05, 3.63) is 47.8 Å². The number of aromatic nitrogens is 2. The van der Waals surface area contributed by atoms with E-state index in [-0.39, 0.29) is 24.0 Å². The molecule has 196 valence electrons. The van der Waals surface area contributed by atoms with Gasteiger partial charge in [-0.05, 0) is 43.9 Å². The quantitative estimate of drug-likeness (QED) is 0.643. The number of amides is 2. The fourth-order valence-corrected chi connectivity index (χ4v) is 5.06. The van der Waals surface area contributed by atoms with E-state index in [0.717, 1.165) is 37.8 Å². The zero-order valence-corrected chi connectivity index (χ0v) is 21.7. The molecule has 2 amide bonds. The average molecular weight is 497 g/mol. The third-order valence-electron chi connectivity index (χ3n) is 7.17. The highest BCUT2D eigenvalue weighted by molar-refractivity contribution is 5.97. The second kappa shape index (κ2) is 12.9. The van der Waals surface area contributed by atoms with Crippen LogP contribution in [0.2, 0.25) is 0 Å². The van der Waals surface area contributed by atoms with Crippen molar-refractivity contribution >= 4 is 11.8 Å². The smallest absolute Gasteiger partial charge is 0.257 e. The summed E-state index contributed by atoms with van der Waals surface area (Å²) in [4.78, 5) is 30.2. The molecule has 0 radical (unpaired) electrons. The minimum absolute atomic E-state index is 0.0000579. The van der Waals surface area contributed by atoms with E-state index in [1.807, 2.05) is 54.2 Å². The van der Waals surface area contributed by atoms with E-state index >= 15 is 0 Å². The summed E-state index contributed by atoms with van der Waals surface area (Å²) in [7, 11) is 1.88. The van der Waals surface area contributed by atoms with Crippen molar-refractivity contribution in [2.45, 2.75) is 70.5 Å². The highest BCUT2D eigenvalue weighted by atomic mass is 16.5. The van der Waals surface area contributed by atoms with Crippen molar-refractivity contribution in [2.75, 3.05) is 32.8 Å². The molecule has 3 heterocycles. The molecule has 0 spiro atoms. The molecule has 0 bridgehead atoms. The van der Waals surface area contributed by atoms with E-state index in [4.69, 9.17) is 9.47 Å². The molecule has 2 aliphatic rings. The maximum Gasteiger partial charge on any atom is 0.257 e. The van der Waals surface area contributed by atoms with Crippen LogP contribution < -0.4 is 4.74 Å². The predicted molar refractivity (Wildman–Crippen MR) is 138 cm³/mol. The van der Waals surface area contributed by atoms with Crippen LogP contribution in [0.15, 0.2) is 36.7 Å². The van der Waals surface area contributed by atoms with E-state index in [1.165, 1.54) is 12.8 Å². The molecule has 1 saturated heterocycles. The van der Waals surface area contributed by atoms with E-state index in [0.29, 0.717) is 50.4 Å². The monoisotopic (exact) mass is 496 g/mol. The molecule has 1 fully saturated rings. The first-order valence-corrected chi connectivity index (χ1v) is 13.5. The summed E-state index contributed by atoms with van der Waals surface area (Å²) in [6.07, 6.45) is 10.9. The van der Waals surface area contributed by atoms with Crippen molar-refractivity contribution in [1.82, 2.24) is 19.6 Å². The topological polar surface area (TPSA) is 76.9 Å². The normalized spacial score (nSPS) is 22.1. The molecule has 2 aromatic rings. The Bertz CT molecular complexity index is 1010. The van der Waals surface area contributed by atoms with Gasteiger partial charge in [0.05, 0.1) is 24.8 Å². The maximum atomic E-state index is 13.4. The SMILES string of the molecule is CCN1CCCCCCCCO[C@@H]2CN(C(=O)CCc3cnn(C)c3)C[C@H]2Oc2ccccc2C1=O. The zero-order chi connectivity index (χ0) is 25.3. The number of likely N-dealkylation sites (tertiary alicyclic amines) is 1. The predicted octanol–water partition coefficient (Wildman–Crippen LogP) is 3.84. The number of aryl methyl sites for hydroxylation is 2. The van der Waals surface area contributed by atoms with Gasteiger partial charge in [-0.2, -0.15) is 5.10 Å². The van der Waals surface area contributed by atoms with Crippen LogP contribution in [0.3, 0.4) is 0 Å². The summed E-state index contributed by atoms with van der Waals surface area (Å²) in [6.45, 7) is 5.08. The molecule has 0 saturated carbocycles. The Labute approximate surface area is 214 Å². The second-order valence-electron chi connectivity index (χ2n) is 9.89. The lowest BCUT2D eigenvalue weighted by atomic mass is 10.1.